The highest BCUT2D eigenvalue weighted by molar-refractivity contribution is 5.93. The molecule has 1 fully saturated rings. The van der Waals surface area contributed by atoms with E-state index in [1.54, 1.807) is 14.2 Å². The summed E-state index contributed by atoms with van der Waals surface area (Å²) < 4.78 is 16.5. The number of para-hydroxylation sites is 1. The van der Waals surface area contributed by atoms with Crippen molar-refractivity contribution in [1.82, 2.24) is 5.32 Å². The zero-order valence-electron chi connectivity index (χ0n) is 17.4. The first-order valence-corrected chi connectivity index (χ1v) is 9.94. The largest absolute Gasteiger partial charge is 0.493 e. The lowest BCUT2D eigenvalue weighted by atomic mass is 10.1. The molecular weight excluding hydrogens is 368 g/mol. The number of nitrogens with zero attached hydrogens (tertiary/aromatic N) is 2. The van der Waals surface area contributed by atoms with Gasteiger partial charge in [-0.3, -0.25) is 4.99 Å². The number of nitrogens with one attached hydrogen (secondary N) is 2. The molecule has 3 rings (SSSR count). The van der Waals surface area contributed by atoms with Crippen molar-refractivity contribution in [1.29, 1.82) is 0 Å². The Bertz CT molecular complexity index is 819. The molecule has 0 bridgehead atoms. The lowest BCUT2D eigenvalue weighted by Gasteiger charge is -2.30. The number of aliphatic imine (C=N–C) groups is 1. The molecule has 7 nitrogen and oxygen atoms in total. The van der Waals surface area contributed by atoms with Crippen LogP contribution in [0.5, 0.6) is 11.5 Å². The Morgan fingerprint density at radius 3 is 2.66 bits per heavy atom. The van der Waals surface area contributed by atoms with Gasteiger partial charge in [0.1, 0.15) is 0 Å². The van der Waals surface area contributed by atoms with Crippen LogP contribution in [0, 0.1) is 0 Å². The second kappa shape index (κ2) is 10.6. The number of ether oxygens (including phenoxy) is 3. The molecule has 2 N–H and O–H groups in total. The van der Waals surface area contributed by atoms with Crippen molar-refractivity contribution in [2.45, 2.75) is 13.5 Å². The Labute approximate surface area is 172 Å². The summed E-state index contributed by atoms with van der Waals surface area (Å²) in [7, 11) is 3.40. The van der Waals surface area contributed by atoms with Crippen LogP contribution in [0.1, 0.15) is 12.5 Å². The predicted octanol–water partition coefficient (Wildman–Crippen LogP) is 3.12. The third kappa shape index (κ3) is 5.54. The van der Waals surface area contributed by atoms with Gasteiger partial charge in [0, 0.05) is 44.1 Å². The Morgan fingerprint density at radius 1 is 1.14 bits per heavy atom. The quantitative estimate of drug-likeness (QED) is 0.552. The highest BCUT2D eigenvalue weighted by Gasteiger charge is 2.14. The molecule has 0 radical (unpaired) electrons. The van der Waals surface area contributed by atoms with Gasteiger partial charge in [-0.25, -0.2) is 0 Å². The van der Waals surface area contributed by atoms with Gasteiger partial charge in [-0.05, 0) is 30.7 Å². The number of guanidine groups is 1. The Kier molecular flexibility index (Phi) is 7.58. The van der Waals surface area contributed by atoms with Crippen molar-refractivity contribution >= 4 is 17.3 Å². The summed E-state index contributed by atoms with van der Waals surface area (Å²) in [6.45, 7) is 6.56. The number of methoxy groups -OCH3 is 1. The summed E-state index contributed by atoms with van der Waals surface area (Å²) in [5.41, 5.74) is 3.34. The number of hydrogen-bond acceptors (Lipinski definition) is 5. The van der Waals surface area contributed by atoms with Gasteiger partial charge in [0.25, 0.3) is 0 Å². The summed E-state index contributed by atoms with van der Waals surface area (Å²) in [5, 5.41) is 6.72. The smallest absolute Gasteiger partial charge is 0.195 e. The molecule has 156 valence electrons. The van der Waals surface area contributed by atoms with Crippen LogP contribution in [-0.2, 0) is 11.3 Å². The summed E-state index contributed by atoms with van der Waals surface area (Å²) in [6, 6.07) is 14.2. The maximum atomic E-state index is 5.65. The van der Waals surface area contributed by atoms with Crippen LogP contribution in [-0.4, -0.2) is 53.0 Å². The standard InChI is InChI=1S/C22H30N4O3/c1-4-29-21-15-18(9-10-20(21)27-3)25-22(23-2)24-16-17-7-5-6-8-19(17)26-11-13-28-14-12-26/h5-10,15H,4,11-14,16H2,1-3H3,(H2,23,24,25). The zero-order chi connectivity index (χ0) is 20.5. The van der Waals surface area contributed by atoms with Crippen molar-refractivity contribution in [2.24, 2.45) is 4.99 Å². The van der Waals surface area contributed by atoms with Crippen LogP contribution >= 0.6 is 0 Å². The number of anilines is 2. The maximum Gasteiger partial charge on any atom is 0.195 e. The molecule has 0 spiro atoms. The molecule has 0 aliphatic carbocycles. The fraction of sp³-hybridized carbons (Fsp3) is 0.409. The molecule has 1 aliphatic heterocycles. The number of morpholine rings is 1. The first kappa shape index (κ1) is 20.8. The summed E-state index contributed by atoms with van der Waals surface area (Å²) >= 11 is 0. The number of rotatable bonds is 7. The van der Waals surface area contributed by atoms with Crippen LogP contribution < -0.4 is 25.0 Å². The molecule has 0 saturated carbocycles. The Hall–Kier alpha value is -2.93. The minimum absolute atomic E-state index is 0.575. The monoisotopic (exact) mass is 398 g/mol. The maximum absolute atomic E-state index is 5.65. The zero-order valence-corrected chi connectivity index (χ0v) is 17.4. The first-order chi connectivity index (χ1) is 14.2. The van der Waals surface area contributed by atoms with Crippen molar-refractivity contribution in [3.8, 4) is 11.5 Å². The molecule has 1 aliphatic rings. The summed E-state index contributed by atoms with van der Waals surface area (Å²) in [5.74, 6) is 2.10. The average molecular weight is 399 g/mol. The molecule has 0 atom stereocenters. The molecule has 1 saturated heterocycles. The van der Waals surface area contributed by atoms with Gasteiger partial charge in [0.2, 0.25) is 0 Å². The van der Waals surface area contributed by atoms with Crippen LogP contribution in [0.4, 0.5) is 11.4 Å². The van der Waals surface area contributed by atoms with E-state index in [4.69, 9.17) is 14.2 Å². The van der Waals surface area contributed by atoms with Gasteiger partial charge < -0.3 is 29.7 Å². The van der Waals surface area contributed by atoms with Gasteiger partial charge in [-0.15, -0.1) is 0 Å². The van der Waals surface area contributed by atoms with Crippen LogP contribution in [0.25, 0.3) is 0 Å². The molecule has 0 amide bonds. The van der Waals surface area contributed by atoms with E-state index in [1.807, 2.05) is 25.1 Å². The highest BCUT2D eigenvalue weighted by atomic mass is 16.5. The molecule has 0 aromatic heterocycles. The molecule has 1 heterocycles. The van der Waals surface area contributed by atoms with Gasteiger partial charge in [-0.1, -0.05) is 18.2 Å². The van der Waals surface area contributed by atoms with Crippen LogP contribution in [0.2, 0.25) is 0 Å². The van der Waals surface area contributed by atoms with E-state index in [1.165, 1.54) is 11.3 Å². The number of benzene rings is 2. The third-order valence-corrected chi connectivity index (χ3v) is 4.74. The Balaban J connectivity index is 1.67. The molecule has 2 aromatic rings. The Morgan fingerprint density at radius 2 is 1.93 bits per heavy atom. The second-order valence-corrected chi connectivity index (χ2v) is 6.58. The van der Waals surface area contributed by atoms with E-state index < -0.39 is 0 Å². The molecular formula is C22H30N4O3. The van der Waals surface area contributed by atoms with Crippen molar-refractivity contribution in [3.63, 3.8) is 0 Å². The van der Waals surface area contributed by atoms with Gasteiger partial charge in [0.15, 0.2) is 17.5 Å². The highest BCUT2D eigenvalue weighted by Crippen LogP contribution is 2.30. The van der Waals surface area contributed by atoms with Crippen molar-refractivity contribution in [3.05, 3.63) is 48.0 Å². The lowest BCUT2D eigenvalue weighted by molar-refractivity contribution is 0.122. The van der Waals surface area contributed by atoms with E-state index >= 15 is 0 Å². The van der Waals surface area contributed by atoms with Crippen LogP contribution in [0.3, 0.4) is 0 Å². The first-order valence-electron chi connectivity index (χ1n) is 9.94. The second-order valence-electron chi connectivity index (χ2n) is 6.58. The SMILES string of the molecule is CCOc1cc(NC(=NC)NCc2ccccc2N2CCOCC2)ccc1OC. The molecule has 29 heavy (non-hydrogen) atoms. The van der Waals surface area contributed by atoms with Crippen LogP contribution in [0.15, 0.2) is 47.5 Å². The van der Waals surface area contributed by atoms with E-state index in [2.05, 4.69) is 44.8 Å². The topological polar surface area (TPSA) is 67.4 Å². The van der Waals surface area contributed by atoms with Gasteiger partial charge in [-0.2, -0.15) is 0 Å². The summed E-state index contributed by atoms with van der Waals surface area (Å²) in [6.07, 6.45) is 0. The van der Waals surface area contributed by atoms with Crippen molar-refractivity contribution < 1.29 is 14.2 Å². The van der Waals surface area contributed by atoms with E-state index in [0.717, 1.165) is 32.0 Å². The fourth-order valence-electron chi connectivity index (χ4n) is 3.29. The van der Waals surface area contributed by atoms with E-state index in [0.29, 0.717) is 30.6 Å². The van der Waals surface area contributed by atoms with E-state index in [-0.39, 0.29) is 0 Å². The average Bonchev–Trinajstić information content (AvgIpc) is 2.78. The van der Waals surface area contributed by atoms with Crippen molar-refractivity contribution in [2.75, 3.05) is 57.3 Å². The molecule has 0 unspecified atom stereocenters. The number of hydrogen-bond donors (Lipinski definition) is 2. The fourth-order valence-corrected chi connectivity index (χ4v) is 3.29. The normalized spacial score (nSPS) is 14.4. The minimum atomic E-state index is 0.575. The third-order valence-electron chi connectivity index (χ3n) is 4.74. The molecule has 7 heteroatoms. The van der Waals surface area contributed by atoms with Gasteiger partial charge in [0.05, 0.1) is 26.9 Å². The van der Waals surface area contributed by atoms with Gasteiger partial charge >= 0.3 is 0 Å². The summed E-state index contributed by atoms with van der Waals surface area (Å²) in [4.78, 5) is 6.72. The van der Waals surface area contributed by atoms with E-state index in [9.17, 15) is 0 Å². The lowest BCUT2D eigenvalue weighted by Crippen LogP contribution is -2.37. The molecule has 2 aromatic carbocycles. The predicted molar refractivity (Wildman–Crippen MR) is 117 cm³/mol. The minimum Gasteiger partial charge on any atom is -0.493 e.